The molecule has 1 amide bonds. The maximum absolute atomic E-state index is 13.3. The molecule has 0 atom stereocenters. The van der Waals surface area contributed by atoms with E-state index in [1.165, 1.54) is 5.56 Å². The fraction of sp³-hybridized carbons (Fsp3) is 0.364. The van der Waals surface area contributed by atoms with E-state index in [4.69, 9.17) is 9.72 Å². The molecule has 0 spiro atoms. The zero-order valence-electron chi connectivity index (χ0n) is 17.2. The first-order chi connectivity index (χ1) is 13.4. The number of likely N-dealkylation sites (N-methyl/N-ethyl adjacent to an activating group) is 1. The van der Waals surface area contributed by atoms with Gasteiger partial charge >= 0.3 is 0 Å². The monoisotopic (exact) mass is 397 g/mol. The highest BCUT2D eigenvalue weighted by atomic mass is 32.1. The van der Waals surface area contributed by atoms with Crippen LogP contribution in [0, 0.1) is 13.8 Å². The molecule has 0 radical (unpaired) electrons. The third-order valence-corrected chi connectivity index (χ3v) is 5.50. The van der Waals surface area contributed by atoms with Gasteiger partial charge in [0.25, 0.3) is 5.91 Å². The average Bonchev–Trinajstić information content (AvgIpc) is 3.06. The first-order valence-electron chi connectivity index (χ1n) is 9.46. The second-order valence-electron chi connectivity index (χ2n) is 7.14. The number of rotatable bonds is 7. The molecule has 0 saturated carbocycles. The number of anilines is 1. The SMILES string of the molecule is CCOc1ccc(C(=O)N(CCN(C)C)c2nc3c(C)cc(C)cc3s2)cc1. The Balaban J connectivity index is 1.96. The molecular weight excluding hydrogens is 370 g/mol. The average molecular weight is 398 g/mol. The lowest BCUT2D eigenvalue weighted by atomic mass is 10.1. The van der Waals surface area contributed by atoms with E-state index < -0.39 is 0 Å². The Morgan fingerprint density at radius 3 is 2.46 bits per heavy atom. The van der Waals surface area contributed by atoms with Gasteiger partial charge in [0.15, 0.2) is 5.13 Å². The summed E-state index contributed by atoms with van der Waals surface area (Å²) in [6.07, 6.45) is 0. The van der Waals surface area contributed by atoms with Crippen molar-refractivity contribution in [3.8, 4) is 5.75 Å². The van der Waals surface area contributed by atoms with Crippen molar-refractivity contribution in [2.45, 2.75) is 20.8 Å². The molecule has 0 unspecified atom stereocenters. The molecule has 5 nitrogen and oxygen atoms in total. The summed E-state index contributed by atoms with van der Waals surface area (Å²) in [5, 5.41) is 0.740. The Morgan fingerprint density at radius 2 is 1.82 bits per heavy atom. The van der Waals surface area contributed by atoms with Crippen LogP contribution in [0.15, 0.2) is 36.4 Å². The maximum Gasteiger partial charge on any atom is 0.260 e. The van der Waals surface area contributed by atoms with Crippen LogP contribution in [-0.4, -0.2) is 49.6 Å². The number of amides is 1. The van der Waals surface area contributed by atoms with Gasteiger partial charge in [0.1, 0.15) is 5.75 Å². The van der Waals surface area contributed by atoms with Crippen LogP contribution in [0.25, 0.3) is 10.2 Å². The molecule has 28 heavy (non-hydrogen) atoms. The summed E-state index contributed by atoms with van der Waals surface area (Å²) in [6.45, 7) is 8.04. The molecule has 2 aromatic carbocycles. The Labute approximate surface area is 170 Å². The standard InChI is InChI=1S/C22H27N3O2S/c1-6-27-18-9-7-17(8-10-18)21(26)25(12-11-24(4)5)22-23-20-16(3)13-15(2)14-19(20)28-22/h7-10,13-14H,6,11-12H2,1-5H3. The van der Waals surface area contributed by atoms with E-state index in [1.54, 1.807) is 16.2 Å². The molecule has 0 aliphatic rings. The molecule has 1 heterocycles. The highest BCUT2D eigenvalue weighted by Gasteiger charge is 2.22. The van der Waals surface area contributed by atoms with Crippen LogP contribution in [0.4, 0.5) is 5.13 Å². The van der Waals surface area contributed by atoms with Gasteiger partial charge in [-0.25, -0.2) is 4.98 Å². The second kappa shape index (κ2) is 8.71. The summed E-state index contributed by atoms with van der Waals surface area (Å²) in [7, 11) is 4.01. The number of carbonyl (C=O) groups is 1. The van der Waals surface area contributed by atoms with E-state index in [2.05, 4.69) is 30.9 Å². The minimum absolute atomic E-state index is 0.0432. The summed E-state index contributed by atoms with van der Waals surface area (Å²) < 4.78 is 6.60. The van der Waals surface area contributed by atoms with E-state index in [0.717, 1.165) is 33.2 Å². The van der Waals surface area contributed by atoms with E-state index in [9.17, 15) is 4.79 Å². The number of hydrogen-bond donors (Lipinski definition) is 0. The van der Waals surface area contributed by atoms with Crippen molar-refractivity contribution < 1.29 is 9.53 Å². The fourth-order valence-electron chi connectivity index (χ4n) is 3.07. The minimum atomic E-state index is -0.0432. The van der Waals surface area contributed by atoms with E-state index in [-0.39, 0.29) is 5.91 Å². The lowest BCUT2D eigenvalue weighted by molar-refractivity contribution is 0.0985. The molecule has 0 fully saturated rings. The van der Waals surface area contributed by atoms with Crippen LogP contribution >= 0.6 is 11.3 Å². The predicted octanol–water partition coefficient (Wildman–Crippen LogP) is 4.52. The first kappa shape index (κ1) is 20.3. The van der Waals surface area contributed by atoms with Crippen molar-refractivity contribution in [3.63, 3.8) is 0 Å². The molecule has 0 bridgehead atoms. The van der Waals surface area contributed by atoms with Crippen LogP contribution in [0.5, 0.6) is 5.75 Å². The van der Waals surface area contributed by atoms with Crippen molar-refractivity contribution >= 4 is 32.6 Å². The van der Waals surface area contributed by atoms with Crippen LogP contribution in [0.2, 0.25) is 0 Å². The smallest absolute Gasteiger partial charge is 0.260 e. The number of thiazole rings is 1. The van der Waals surface area contributed by atoms with Crippen LogP contribution in [0.1, 0.15) is 28.4 Å². The molecule has 6 heteroatoms. The van der Waals surface area contributed by atoms with Gasteiger partial charge < -0.3 is 9.64 Å². The van der Waals surface area contributed by atoms with Crippen molar-refractivity contribution in [2.24, 2.45) is 0 Å². The second-order valence-corrected chi connectivity index (χ2v) is 8.15. The van der Waals surface area contributed by atoms with Gasteiger partial charge in [0, 0.05) is 18.7 Å². The van der Waals surface area contributed by atoms with Crippen LogP contribution in [0.3, 0.4) is 0 Å². The largest absolute Gasteiger partial charge is 0.494 e. The highest BCUT2D eigenvalue weighted by Crippen LogP contribution is 2.32. The first-order valence-corrected chi connectivity index (χ1v) is 10.3. The third-order valence-electron chi connectivity index (χ3n) is 4.48. The zero-order chi connectivity index (χ0) is 20.3. The predicted molar refractivity (Wildman–Crippen MR) is 117 cm³/mol. The Morgan fingerprint density at radius 1 is 1.11 bits per heavy atom. The number of ether oxygens (including phenoxy) is 1. The van der Waals surface area contributed by atoms with Crippen molar-refractivity contribution in [2.75, 3.05) is 38.7 Å². The molecule has 1 aromatic heterocycles. The van der Waals surface area contributed by atoms with E-state index in [0.29, 0.717) is 18.7 Å². The van der Waals surface area contributed by atoms with Gasteiger partial charge in [-0.3, -0.25) is 9.69 Å². The van der Waals surface area contributed by atoms with Crippen molar-refractivity contribution in [3.05, 3.63) is 53.1 Å². The molecular formula is C22H27N3O2S. The van der Waals surface area contributed by atoms with Gasteiger partial charge in [-0.05, 0) is 76.3 Å². The Hall–Kier alpha value is -2.44. The summed E-state index contributed by atoms with van der Waals surface area (Å²) in [5.41, 5.74) is 3.95. The molecule has 3 rings (SSSR count). The van der Waals surface area contributed by atoms with Crippen LogP contribution < -0.4 is 9.64 Å². The normalized spacial score (nSPS) is 11.2. The molecule has 3 aromatic rings. The summed E-state index contributed by atoms with van der Waals surface area (Å²) in [6, 6.07) is 11.6. The number of nitrogens with zero attached hydrogens (tertiary/aromatic N) is 3. The van der Waals surface area contributed by atoms with Gasteiger partial charge in [0.2, 0.25) is 0 Å². The maximum atomic E-state index is 13.3. The quantitative estimate of drug-likeness (QED) is 0.588. The van der Waals surface area contributed by atoms with Crippen molar-refractivity contribution in [1.82, 2.24) is 9.88 Å². The minimum Gasteiger partial charge on any atom is -0.494 e. The molecule has 0 aliphatic carbocycles. The topological polar surface area (TPSA) is 45.7 Å². The molecule has 0 saturated heterocycles. The Kier molecular flexibility index (Phi) is 6.31. The number of benzene rings is 2. The van der Waals surface area contributed by atoms with Gasteiger partial charge in [-0.1, -0.05) is 17.4 Å². The fourth-order valence-corrected chi connectivity index (χ4v) is 4.24. The summed E-state index contributed by atoms with van der Waals surface area (Å²) in [5.74, 6) is 0.725. The molecule has 0 N–H and O–H groups in total. The lowest BCUT2D eigenvalue weighted by Gasteiger charge is -2.22. The number of fused-ring (bicyclic) bond motifs is 1. The summed E-state index contributed by atoms with van der Waals surface area (Å²) in [4.78, 5) is 22.0. The summed E-state index contributed by atoms with van der Waals surface area (Å²) >= 11 is 1.57. The highest BCUT2D eigenvalue weighted by molar-refractivity contribution is 7.22. The molecule has 148 valence electrons. The molecule has 0 aliphatic heterocycles. The lowest BCUT2D eigenvalue weighted by Crippen LogP contribution is -2.36. The van der Waals surface area contributed by atoms with E-state index >= 15 is 0 Å². The van der Waals surface area contributed by atoms with Crippen LogP contribution in [-0.2, 0) is 0 Å². The number of hydrogen-bond acceptors (Lipinski definition) is 5. The van der Waals surface area contributed by atoms with Gasteiger partial charge in [-0.15, -0.1) is 0 Å². The van der Waals surface area contributed by atoms with E-state index in [1.807, 2.05) is 45.3 Å². The number of aromatic nitrogens is 1. The van der Waals surface area contributed by atoms with Crippen molar-refractivity contribution in [1.29, 1.82) is 0 Å². The van der Waals surface area contributed by atoms with Gasteiger partial charge in [0.05, 0.1) is 16.8 Å². The van der Waals surface area contributed by atoms with Gasteiger partial charge in [-0.2, -0.15) is 0 Å². The zero-order valence-corrected chi connectivity index (χ0v) is 18.0. The third kappa shape index (κ3) is 4.51. The Bertz CT molecular complexity index is 964. The number of aryl methyl sites for hydroxylation is 2. The number of carbonyl (C=O) groups excluding carboxylic acids is 1.